The summed E-state index contributed by atoms with van der Waals surface area (Å²) in [6, 6.07) is 0. The van der Waals surface area contributed by atoms with E-state index in [2.05, 4.69) is 6.58 Å². The Labute approximate surface area is 81.5 Å². The molecule has 0 heterocycles. The molecule has 0 fully saturated rings. The summed E-state index contributed by atoms with van der Waals surface area (Å²) in [6.07, 6.45) is 0.750. The Morgan fingerprint density at radius 3 is 2.09 bits per heavy atom. The Morgan fingerprint density at radius 1 is 1.73 bits per heavy atom. The van der Waals surface area contributed by atoms with Crippen molar-refractivity contribution in [2.45, 2.75) is 6.92 Å². The molecule has 0 radical (unpaired) electrons. The van der Waals surface area contributed by atoms with Gasteiger partial charge in [0.15, 0.2) is 0 Å². The Hall–Kier alpha value is -0.191. The van der Waals surface area contributed by atoms with E-state index in [1.165, 1.54) is 4.90 Å². The summed E-state index contributed by atoms with van der Waals surface area (Å²) in [5.74, 6) is 0. The van der Waals surface area contributed by atoms with Crippen molar-refractivity contribution >= 4 is 28.9 Å². The molecule has 0 aliphatic heterocycles. The summed E-state index contributed by atoms with van der Waals surface area (Å²) < 4.78 is 5.94. The molecule has 0 N–H and O–H groups in total. The maximum Gasteiger partial charge on any atom is 0.209 e. The molecule has 0 rings (SSSR count). The van der Waals surface area contributed by atoms with Gasteiger partial charge in [-0.05, 0) is 0 Å². The molecule has 0 unspecified atom stereocenters. The van der Waals surface area contributed by atoms with Crippen LogP contribution in [0.4, 0.5) is 0 Å². The fourth-order valence-corrected chi connectivity index (χ4v) is 1.07. The summed E-state index contributed by atoms with van der Waals surface area (Å²) in [6.45, 7) is 6.37. The zero-order valence-corrected chi connectivity index (χ0v) is 13.5. The van der Waals surface area contributed by atoms with Gasteiger partial charge in [-0.1, -0.05) is 0 Å². The predicted octanol–water partition coefficient (Wildman–Crippen LogP) is -0.436. The first kappa shape index (κ1) is 13.4. The van der Waals surface area contributed by atoms with E-state index >= 15 is 0 Å². The third-order valence-corrected chi connectivity index (χ3v) is 1.43. The standard InChI is InChI=1S/C4H7O.C3H7NO.Sn.3H/c1-3-5-4-2;1-4(2)3-5;;;;/h1,4H2,2H3;3H,1-2H3;;;;. The summed E-state index contributed by atoms with van der Waals surface area (Å²) in [5, 5.41) is 0. The third-order valence-electron chi connectivity index (χ3n) is 0.602. The number of carbonyl (C=O) groups is 1. The van der Waals surface area contributed by atoms with Crippen LogP contribution >= 0.6 is 0 Å². The van der Waals surface area contributed by atoms with Crippen molar-refractivity contribution in [1.82, 2.24) is 4.90 Å². The molecule has 1 amide bonds. The minimum Gasteiger partial charge on any atom is -0.351 e. The Balaban J connectivity index is 0. The SMILES string of the molecule is C=[C]([SnH3])OCC.CN(C)C=O. The van der Waals surface area contributed by atoms with Crippen LogP contribution in [0.3, 0.4) is 0 Å². The van der Waals surface area contributed by atoms with Crippen LogP contribution in [-0.4, -0.2) is 54.5 Å². The Morgan fingerprint density at radius 2 is 2.09 bits per heavy atom. The molecule has 0 saturated heterocycles. The monoisotopic (exact) mass is 267 g/mol. The molecule has 0 aliphatic carbocycles. The van der Waals surface area contributed by atoms with Gasteiger partial charge in [-0.15, -0.1) is 0 Å². The maximum atomic E-state index is 9.43. The summed E-state index contributed by atoms with van der Waals surface area (Å²) in [5.41, 5.74) is 0. The van der Waals surface area contributed by atoms with Gasteiger partial charge in [0.25, 0.3) is 0 Å². The maximum absolute atomic E-state index is 9.43. The summed E-state index contributed by atoms with van der Waals surface area (Å²) >= 11 is 0.514. The van der Waals surface area contributed by atoms with Gasteiger partial charge in [0, 0.05) is 14.1 Å². The number of hydrogen-bond acceptors (Lipinski definition) is 2. The topological polar surface area (TPSA) is 29.5 Å². The van der Waals surface area contributed by atoms with Gasteiger partial charge < -0.3 is 4.90 Å². The Kier molecular flexibility index (Phi) is 12.0. The van der Waals surface area contributed by atoms with Gasteiger partial charge in [-0.25, -0.2) is 0 Å². The van der Waals surface area contributed by atoms with Crippen molar-refractivity contribution in [2.24, 2.45) is 0 Å². The zero-order valence-electron chi connectivity index (χ0n) is 7.76. The second-order valence-corrected chi connectivity index (χ2v) is 5.39. The van der Waals surface area contributed by atoms with E-state index in [4.69, 9.17) is 4.74 Å². The van der Waals surface area contributed by atoms with Crippen LogP contribution in [0.5, 0.6) is 0 Å². The van der Waals surface area contributed by atoms with Crippen LogP contribution in [-0.2, 0) is 9.53 Å². The van der Waals surface area contributed by atoms with E-state index in [1.54, 1.807) is 14.1 Å². The number of hydrogen-bond donors (Lipinski definition) is 0. The van der Waals surface area contributed by atoms with Crippen LogP contribution in [0, 0.1) is 0 Å². The van der Waals surface area contributed by atoms with Gasteiger partial charge in [-0.3, -0.25) is 4.79 Å². The smallest absolute Gasteiger partial charge is 0.209 e. The largest absolute Gasteiger partial charge is 0.351 e. The first-order valence-corrected chi connectivity index (χ1v) is 6.30. The van der Waals surface area contributed by atoms with Crippen molar-refractivity contribution in [3.05, 3.63) is 10.4 Å². The molecule has 0 spiro atoms. The molecule has 0 atom stereocenters. The average Bonchev–Trinajstić information content (AvgIpc) is 1.89. The fraction of sp³-hybridized carbons (Fsp3) is 0.571. The van der Waals surface area contributed by atoms with Gasteiger partial charge in [0.2, 0.25) is 6.41 Å². The van der Waals surface area contributed by atoms with Crippen LogP contribution in [0.1, 0.15) is 6.92 Å². The molecule has 0 aromatic heterocycles. The van der Waals surface area contributed by atoms with Crippen molar-refractivity contribution in [2.75, 3.05) is 20.7 Å². The summed E-state index contributed by atoms with van der Waals surface area (Å²) in [4.78, 5) is 10.9. The van der Waals surface area contributed by atoms with E-state index in [1.807, 2.05) is 6.92 Å². The van der Waals surface area contributed by atoms with E-state index in [-0.39, 0.29) is 0 Å². The van der Waals surface area contributed by atoms with Gasteiger partial charge >= 0.3 is 51.1 Å². The first-order valence-electron chi connectivity index (χ1n) is 3.44. The van der Waals surface area contributed by atoms with E-state index in [0.717, 1.165) is 16.8 Å². The molecule has 66 valence electrons. The quantitative estimate of drug-likeness (QED) is 0.394. The number of nitrogens with zero attached hydrogens (tertiary/aromatic N) is 1. The van der Waals surface area contributed by atoms with Crippen molar-refractivity contribution in [3.8, 4) is 0 Å². The molecule has 0 aromatic carbocycles. The average molecular weight is 266 g/mol. The van der Waals surface area contributed by atoms with Crippen LogP contribution in [0.25, 0.3) is 0 Å². The van der Waals surface area contributed by atoms with Gasteiger partial charge in [0.1, 0.15) is 0 Å². The molecular formula is C7H17NO2Sn. The molecule has 0 aliphatic rings. The summed E-state index contributed by atoms with van der Waals surface area (Å²) in [7, 11) is 3.38. The molecule has 11 heavy (non-hydrogen) atoms. The number of carbonyl (C=O) groups excluding carboxylic acids is 1. The first-order chi connectivity index (χ1) is 5.04. The van der Waals surface area contributed by atoms with Crippen LogP contribution in [0.2, 0.25) is 0 Å². The number of rotatable bonds is 3. The second kappa shape index (κ2) is 9.81. The minimum absolute atomic E-state index is 0.514. The molecule has 3 nitrogen and oxygen atoms in total. The predicted molar refractivity (Wildman–Crippen MR) is 50.5 cm³/mol. The van der Waals surface area contributed by atoms with Crippen molar-refractivity contribution in [3.63, 3.8) is 0 Å². The number of amides is 1. The van der Waals surface area contributed by atoms with E-state index in [9.17, 15) is 4.79 Å². The van der Waals surface area contributed by atoms with Gasteiger partial charge in [-0.2, -0.15) is 0 Å². The van der Waals surface area contributed by atoms with E-state index < -0.39 is 0 Å². The molecule has 0 aromatic rings. The van der Waals surface area contributed by atoms with Crippen LogP contribution < -0.4 is 0 Å². The van der Waals surface area contributed by atoms with E-state index in [0.29, 0.717) is 22.5 Å². The van der Waals surface area contributed by atoms with Crippen molar-refractivity contribution < 1.29 is 9.53 Å². The molecule has 0 saturated carbocycles. The minimum atomic E-state index is 0.514. The zero-order chi connectivity index (χ0) is 9.28. The molecular weight excluding hydrogens is 249 g/mol. The fourth-order valence-electron chi connectivity index (χ4n) is 0.246. The second-order valence-electron chi connectivity index (χ2n) is 2.20. The normalized spacial score (nSPS) is 7.55. The van der Waals surface area contributed by atoms with Crippen molar-refractivity contribution in [1.29, 1.82) is 0 Å². The molecule has 4 heteroatoms. The molecule has 0 bridgehead atoms. The number of ether oxygens (including phenoxy) is 1. The van der Waals surface area contributed by atoms with Gasteiger partial charge in [0.05, 0.1) is 0 Å². The van der Waals surface area contributed by atoms with Crippen LogP contribution in [0.15, 0.2) is 10.4 Å². The Bertz CT molecular complexity index is 115. The third kappa shape index (κ3) is 25.9.